The number of nitrogens with zero attached hydrogens (tertiary/aromatic N) is 3. The molecule has 3 heterocycles. The van der Waals surface area contributed by atoms with Gasteiger partial charge in [0.1, 0.15) is 17.0 Å². The van der Waals surface area contributed by atoms with Gasteiger partial charge in [-0.2, -0.15) is 0 Å². The summed E-state index contributed by atoms with van der Waals surface area (Å²) < 4.78 is 3.18. The summed E-state index contributed by atoms with van der Waals surface area (Å²) in [5, 5.41) is 3.47. The number of aromatic nitrogens is 3. The van der Waals surface area contributed by atoms with Gasteiger partial charge in [0, 0.05) is 19.3 Å². The smallest absolute Gasteiger partial charge is 0.268 e. The fraction of sp³-hybridized carbons (Fsp3) is 0.227. The minimum Gasteiger partial charge on any atom is -0.348 e. The zero-order valence-corrected chi connectivity index (χ0v) is 15.9. The fourth-order valence-corrected chi connectivity index (χ4v) is 3.44. The molecule has 142 valence electrons. The Kier molecular flexibility index (Phi) is 4.69. The van der Waals surface area contributed by atoms with E-state index in [0.29, 0.717) is 22.4 Å². The molecule has 28 heavy (non-hydrogen) atoms. The number of pyridine rings is 1. The highest BCUT2D eigenvalue weighted by Gasteiger charge is 2.18. The van der Waals surface area contributed by atoms with Gasteiger partial charge in [-0.3, -0.25) is 14.0 Å². The van der Waals surface area contributed by atoms with Crippen molar-refractivity contribution >= 4 is 22.6 Å². The topological polar surface area (TPSA) is 68.4 Å². The summed E-state index contributed by atoms with van der Waals surface area (Å²) >= 11 is 0. The van der Waals surface area contributed by atoms with Gasteiger partial charge in [-0.15, -0.1) is 0 Å². The van der Waals surface area contributed by atoms with Crippen molar-refractivity contribution in [1.29, 1.82) is 0 Å². The predicted molar refractivity (Wildman–Crippen MR) is 110 cm³/mol. The maximum atomic E-state index is 12.8. The lowest BCUT2D eigenvalue weighted by Crippen LogP contribution is -2.34. The molecule has 1 atom stereocenters. The molecule has 1 aromatic carbocycles. The van der Waals surface area contributed by atoms with Gasteiger partial charge in [-0.1, -0.05) is 36.4 Å². The fourth-order valence-electron chi connectivity index (χ4n) is 3.44. The van der Waals surface area contributed by atoms with Crippen molar-refractivity contribution in [2.45, 2.75) is 25.8 Å². The van der Waals surface area contributed by atoms with Crippen LogP contribution in [0.5, 0.6) is 0 Å². The van der Waals surface area contributed by atoms with Crippen LogP contribution in [0.25, 0.3) is 16.7 Å². The van der Waals surface area contributed by atoms with Crippen molar-refractivity contribution in [2.75, 3.05) is 0 Å². The molecule has 0 aliphatic heterocycles. The first kappa shape index (κ1) is 18.0. The van der Waals surface area contributed by atoms with Gasteiger partial charge in [0.2, 0.25) is 0 Å². The number of carbonyl (C=O) groups is 1. The molecule has 0 aliphatic carbocycles. The van der Waals surface area contributed by atoms with Gasteiger partial charge in [0.05, 0.1) is 5.39 Å². The third-order valence-electron chi connectivity index (χ3n) is 5.03. The average molecular weight is 374 g/mol. The van der Waals surface area contributed by atoms with Crippen LogP contribution in [0.15, 0.2) is 65.6 Å². The van der Waals surface area contributed by atoms with E-state index in [-0.39, 0.29) is 17.5 Å². The molecule has 6 heteroatoms. The van der Waals surface area contributed by atoms with Crippen molar-refractivity contribution < 1.29 is 4.79 Å². The largest absolute Gasteiger partial charge is 0.348 e. The summed E-state index contributed by atoms with van der Waals surface area (Å²) in [6, 6.07) is 17.2. The monoisotopic (exact) mass is 374 g/mol. The Morgan fingerprint density at radius 2 is 1.89 bits per heavy atom. The molecule has 0 fully saturated rings. The number of fused-ring (bicyclic) bond motifs is 2. The van der Waals surface area contributed by atoms with E-state index in [2.05, 4.69) is 22.4 Å². The Bertz CT molecular complexity index is 1210. The predicted octanol–water partition coefficient (Wildman–Crippen LogP) is 2.94. The second-order valence-electron chi connectivity index (χ2n) is 7.07. The summed E-state index contributed by atoms with van der Waals surface area (Å²) in [6.07, 6.45) is 3.42. The summed E-state index contributed by atoms with van der Waals surface area (Å²) in [6.45, 7) is 1.99. The van der Waals surface area contributed by atoms with Crippen molar-refractivity contribution in [3.05, 3.63) is 82.4 Å². The first-order valence-electron chi connectivity index (χ1n) is 9.36. The van der Waals surface area contributed by atoms with Crippen molar-refractivity contribution in [2.24, 2.45) is 7.05 Å². The Morgan fingerprint density at radius 3 is 2.68 bits per heavy atom. The molecule has 1 amide bonds. The number of hydrogen-bond donors (Lipinski definition) is 1. The highest BCUT2D eigenvalue weighted by molar-refractivity contribution is 5.98. The van der Waals surface area contributed by atoms with Gasteiger partial charge in [-0.05, 0) is 43.5 Å². The zero-order chi connectivity index (χ0) is 19.7. The van der Waals surface area contributed by atoms with Crippen LogP contribution in [0.3, 0.4) is 0 Å². The van der Waals surface area contributed by atoms with Crippen LogP contribution in [-0.2, 0) is 13.5 Å². The van der Waals surface area contributed by atoms with Gasteiger partial charge in [0.15, 0.2) is 0 Å². The maximum absolute atomic E-state index is 12.8. The Hall–Kier alpha value is -3.41. The van der Waals surface area contributed by atoms with Crippen molar-refractivity contribution in [1.82, 2.24) is 19.3 Å². The van der Waals surface area contributed by atoms with Gasteiger partial charge in [0.25, 0.3) is 11.5 Å². The van der Waals surface area contributed by atoms with Gasteiger partial charge < -0.3 is 9.88 Å². The number of aryl methyl sites for hydroxylation is 2. The van der Waals surface area contributed by atoms with E-state index >= 15 is 0 Å². The molecular formula is C22H22N4O2. The maximum Gasteiger partial charge on any atom is 0.268 e. The SMILES string of the molecule is C[C@@H](CCc1ccccc1)NC(=O)c1cc2c(=O)n3ccccc3nc2n1C. The van der Waals surface area contributed by atoms with E-state index in [4.69, 9.17) is 0 Å². The van der Waals surface area contributed by atoms with Crippen molar-refractivity contribution in [3.8, 4) is 0 Å². The van der Waals surface area contributed by atoms with E-state index in [1.54, 1.807) is 36.0 Å². The zero-order valence-electron chi connectivity index (χ0n) is 15.9. The lowest BCUT2D eigenvalue weighted by atomic mass is 10.1. The van der Waals surface area contributed by atoms with Crippen LogP contribution in [0.4, 0.5) is 0 Å². The molecule has 1 N–H and O–H groups in total. The van der Waals surface area contributed by atoms with Crippen LogP contribution in [0.2, 0.25) is 0 Å². The summed E-state index contributed by atoms with van der Waals surface area (Å²) in [5.74, 6) is -0.200. The van der Waals surface area contributed by atoms with Crippen LogP contribution < -0.4 is 10.9 Å². The minimum atomic E-state index is -0.200. The highest BCUT2D eigenvalue weighted by Crippen LogP contribution is 2.15. The number of rotatable bonds is 5. The lowest BCUT2D eigenvalue weighted by molar-refractivity contribution is 0.0930. The molecular weight excluding hydrogens is 352 g/mol. The normalized spacial score (nSPS) is 12.4. The quantitative estimate of drug-likeness (QED) is 0.584. The number of amides is 1. The van der Waals surface area contributed by atoms with E-state index in [1.807, 2.05) is 31.2 Å². The molecule has 0 unspecified atom stereocenters. The first-order valence-corrected chi connectivity index (χ1v) is 9.36. The second-order valence-corrected chi connectivity index (χ2v) is 7.07. The molecule has 0 bridgehead atoms. The van der Waals surface area contributed by atoms with Crippen LogP contribution in [-0.4, -0.2) is 25.9 Å². The molecule has 0 radical (unpaired) electrons. The molecule has 4 aromatic rings. The van der Waals surface area contributed by atoms with E-state index in [9.17, 15) is 9.59 Å². The summed E-state index contributed by atoms with van der Waals surface area (Å²) in [4.78, 5) is 30.1. The molecule has 0 saturated heterocycles. The second kappa shape index (κ2) is 7.31. The number of hydrogen-bond acceptors (Lipinski definition) is 3. The lowest BCUT2D eigenvalue weighted by Gasteiger charge is -2.14. The Balaban J connectivity index is 1.57. The highest BCUT2D eigenvalue weighted by atomic mass is 16.2. The number of benzene rings is 1. The molecule has 6 nitrogen and oxygen atoms in total. The number of nitrogens with one attached hydrogen (secondary N) is 1. The van der Waals surface area contributed by atoms with Crippen LogP contribution in [0.1, 0.15) is 29.4 Å². The molecule has 4 rings (SSSR count). The molecule has 0 spiro atoms. The molecule has 0 saturated carbocycles. The average Bonchev–Trinajstić information content (AvgIpc) is 3.04. The van der Waals surface area contributed by atoms with Crippen LogP contribution in [0, 0.1) is 0 Å². The molecule has 3 aromatic heterocycles. The van der Waals surface area contributed by atoms with E-state index in [1.165, 1.54) is 9.96 Å². The number of carbonyl (C=O) groups excluding carboxylic acids is 1. The van der Waals surface area contributed by atoms with E-state index < -0.39 is 0 Å². The standard InChI is InChI=1S/C22H22N4O2/c1-15(11-12-16-8-4-3-5-9-16)23-21(27)18-14-17-20(25(18)2)24-19-10-6-7-13-26(19)22(17)28/h3-10,13-15H,11-12H2,1-2H3,(H,23,27)/t15-/m0/s1. The van der Waals surface area contributed by atoms with E-state index in [0.717, 1.165) is 12.8 Å². The minimum absolute atomic E-state index is 0.0128. The summed E-state index contributed by atoms with van der Waals surface area (Å²) in [7, 11) is 1.76. The van der Waals surface area contributed by atoms with Crippen LogP contribution >= 0.6 is 0 Å². The Morgan fingerprint density at radius 1 is 1.14 bits per heavy atom. The summed E-state index contributed by atoms with van der Waals surface area (Å²) in [5.41, 5.74) is 2.58. The third-order valence-corrected chi connectivity index (χ3v) is 5.03. The van der Waals surface area contributed by atoms with Gasteiger partial charge in [-0.25, -0.2) is 4.98 Å². The first-order chi connectivity index (χ1) is 13.5. The third kappa shape index (κ3) is 3.29. The van der Waals surface area contributed by atoms with Crippen molar-refractivity contribution in [3.63, 3.8) is 0 Å². The Labute approximate surface area is 162 Å². The molecule has 0 aliphatic rings. The van der Waals surface area contributed by atoms with Gasteiger partial charge >= 0.3 is 0 Å².